The molecule has 2 bridgehead atoms. The van der Waals surface area contributed by atoms with Gasteiger partial charge in [0, 0.05) is 10.4 Å². The summed E-state index contributed by atoms with van der Waals surface area (Å²) in [6.07, 6.45) is 0. The fourth-order valence-corrected chi connectivity index (χ4v) is 8.70. The van der Waals surface area contributed by atoms with Crippen molar-refractivity contribution in [1.29, 1.82) is 0 Å². The van der Waals surface area contributed by atoms with Gasteiger partial charge in [0.25, 0.3) is 0 Å². The first kappa shape index (κ1) is 26.9. The number of halogens is 6. The second-order valence-electron chi connectivity index (χ2n) is 8.00. The lowest BCUT2D eigenvalue weighted by Crippen LogP contribution is -2.47. The molecule has 1 fully saturated rings. The highest BCUT2D eigenvalue weighted by Crippen LogP contribution is 2.76. The normalized spacial score (nSPS) is 28.8. The van der Waals surface area contributed by atoms with E-state index in [2.05, 4.69) is 5.32 Å². The molecule has 1 amide bonds. The Hall–Kier alpha value is -1.19. The van der Waals surface area contributed by atoms with Crippen molar-refractivity contribution < 1.29 is 24.2 Å². The molecule has 0 spiro atoms. The molecule has 2 aromatic rings. The Morgan fingerprint density at radius 3 is 2.06 bits per heavy atom. The second-order valence-corrected chi connectivity index (χ2v) is 12.5. The molecule has 1 aromatic heterocycles. The predicted octanol–water partition coefficient (Wildman–Crippen LogP) is 6.61. The number of carbonyl (C=O) groups excluding carboxylic acids is 2. The van der Waals surface area contributed by atoms with E-state index in [4.69, 9.17) is 74.3 Å². The molecular formula is C22H15Cl6NO5S. The minimum atomic E-state index is -2.24. The van der Waals surface area contributed by atoms with Crippen LogP contribution in [0.4, 0.5) is 5.00 Å². The first-order chi connectivity index (χ1) is 16.3. The third-order valence-electron chi connectivity index (χ3n) is 6.26. The van der Waals surface area contributed by atoms with Crippen LogP contribution in [0.15, 0.2) is 40.4 Å². The van der Waals surface area contributed by atoms with Crippen LogP contribution in [0, 0.1) is 18.8 Å². The Morgan fingerprint density at radius 1 is 1.00 bits per heavy atom. The number of alkyl halides is 4. The first-order valence-electron chi connectivity index (χ1n) is 9.89. The number of allylic oxidation sites excluding steroid dienone is 2. The average Bonchev–Trinajstić information content (AvgIpc) is 3.24. The zero-order chi connectivity index (χ0) is 26.1. The molecule has 2 N–H and O–H groups in total. The monoisotopic (exact) mass is 615 g/mol. The van der Waals surface area contributed by atoms with Crippen molar-refractivity contribution in [2.24, 2.45) is 11.8 Å². The highest BCUT2D eigenvalue weighted by molar-refractivity contribution is 7.17. The first-order valence-corrected chi connectivity index (χ1v) is 13.0. The van der Waals surface area contributed by atoms with E-state index in [-0.39, 0.29) is 20.6 Å². The van der Waals surface area contributed by atoms with Gasteiger partial charge < -0.3 is 15.2 Å². The number of ether oxygens (including phenoxy) is 1. The van der Waals surface area contributed by atoms with Gasteiger partial charge in [-0.3, -0.25) is 9.59 Å². The molecule has 0 unspecified atom stereocenters. The largest absolute Gasteiger partial charge is 0.481 e. The van der Waals surface area contributed by atoms with Crippen molar-refractivity contribution >= 4 is 104 Å². The number of esters is 1. The maximum Gasteiger partial charge on any atom is 0.341 e. The van der Waals surface area contributed by atoms with Gasteiger partial charge in [-0.05, 0) is 12.5 Å². The molecule has 1 saturated carbocycles. The Bertz CT molecular complexity index is 1290. The Morgan fingerprint density at radius 2 is 1.54 bits per heavy atom. The molecule has 2 aliphatic carbocycles. The van der Waals surface area contributed by atoms with E-state index in [0.29, 0.717) is 10.4 Å². The number of amides is 1. The molecular weight excluding hydrogens is 603 g/mol. The molecule has 1 aromatic carbocycles. The van der Waals surface area contributed by atoms with Gasteiger partial charge in [-0.1, -0.05) is 76.7 Å². The van der Waals surface area contributed by atoms with Gasteiger partial charge in [-0.25, -0.2) is 4.79 Å². The number of fused-ring (bicyclic) bond motifs is 2. The Balaban J connectivity index is 1.84. The van der Waals surface area contributed by atoms with E-state index in [1.54, 1.807) is 31.2 Å². The number of rotatable bonds is 5. The molecule has 186 valence electrons. The number of nitrogens with one attached hydrogen (secondary N) is 1. The van der Waals surface area contributed by atoms with Crippen molar-refractivity contribution in [3.8, 4) is 11.1 Å². The summed E-state index contributed by atoms with van der Waals surface area (Å²) in [5.41, 5.74) is 1.37. The minimum Gasteiger partial charge on any atom is -0.481 e. The second kappa shape index (κ2) is 8.98. The van der Waals surface area contributed by atoms with Crippen molar-refractivity contribution in [3.05, 3.63) is 50.8 Å². The lowest BCUT2D eigenvalue weighted by molar-refractivity contribution is -0.146. The van der Waals surface area contributed by atoms with Crippen LogP contribution in [-0.2, 0) is 14.3 Å². The number of anilines is 1. The summed E-state index contributed by atoms with van der Waals surface area (Å²) in [4.78, 5) is 35.0. The van der Waals surface area contributed by atoms with Crippen LogP contribution in [0.25, 0.3) is 11.1 Å². The molecule has 0 radical (unpaired) electrons. The number of carbonyl (C=O) groups is 3. The zero-order valence-electron chi connectivity index (χ0n) is 17.8. The number of hydrogen-bond donors (Lipinski definition) is 2. The average molecular weight is 618 g/mol. The smallest absolute Gasteiger partial charge is 0.341 e. The molecule has 1 heterocycles. The number of carboxylic acid groups (broad SMARTS) is 1. The number of thiophene rings is 1. The zero-order valence-corrected chi connectivity index (χ0v) is 23.1. The van der Waals surface area contributed by atoms with Crippen LogP contribution in [-0.4, -0.2) is 44.1 Å². The highest BCUT2D eigenvalue weighted by Gasteiger charge is 2.85. The maximum absolute atomic E-state index is 13.6. The van der Waals surface area contributed by atoms with Crippen LogP contribution in [0.2, 0.25) is 0 Å². The van der Waals surface area contributed by atoms with Gasteiger partial charge in [0.1, 0.15) is 20.3 Å². The lowest BCUT2D eigenvalue weighted by Gasteiger charge is -2.33. The molecule has 2 aliphatic rings. The number of carboxylic acids is 1. The van der Waals surface area contributed by atoms with Gasteiger partial charge in [0.2, 0.25) is 5.91 Å². The number of benzene rings is 1. The molecule has 4 rings (SSSR count). The van der Waals surface area contributed by atoms with Gasteiger partial charge in [-0.15, -0.1) is 34.5 Å². The van der Waals surface area contributed by atoms with Crippen molar-refractivity contribution in [2.75, 3.05) is 12.4 Å². The maximum atomic E-state index is 13.6. The molecule has 0 saturated heterocycles. The molecule has 6 nitrogen and oxygen atoms in total. The quantitative estimate of drug-likeness (QED) is 0.291. The molecule has 35 heavy (non-hydrogen) atoms. The van der Waals surface area contributed by atoms with Gasteiger partial charge in [0.05, 0.1) is 29.0 Å². The van der Waals surface area contributed by atoms with Crippen LogP contribution in [0.5, 0.6) is 0 Å². The summed E-state index contributed by atoms with van der Waals surface area (Å²) in [5.74, 6) is -6.49. The molecule has 13 heteroatoms. The SMILES string of the molecule is COC(=O)c1c(NC(=O)[C@H]2[C@@H](C(=O)O)[C@@]3(Cl)C(Cl)=C(Cl)[C@@]2(Cl)C3(Cl)Cl)sc(C)c1-c1ccccc1. The van der Waals surface area contributed by atoms with E-state index < -0.39 is 43.8 Å². The lowest BCUT2D eigenvalue weighted by atomic mass is 9.81. The fourth-order valence-electron chi connectivity index (χ4n) is 4.70. The Kier molecular flexibility index (Phi) is 6.89. The van der Waals surface area contributed by atoms with E-state index in [1.807, 2.05) is 6.07 Å². The van der Waals surface area contributed by atoms with Crippen LogP contribution >= 0.6 is 80.9 Å². The number of aryl methyl sites for hydroxylation is 1. The molecule has 4 atom stereocenters. The van der Waals surface area contributed by atoms with Gasteiger partial charge in [0.15, 0.2) is 4.33 Å². The van der Waals surface area contributed by atoms with E-state index in [0.717, 1.165) is 16.9 Å². The number of hydrogen-bond acceptors (Lipinski definition) is 5. The topological polar surface area (TPSA) is 92.7 Å². The van der Waals surface area contributed by atoms with E-state index in [1.165, 1.54) is 7.11 Å². The third-order valence-corrected chi connectivity index (χ3v) is 11.5. The van der Waals surface area contributed by atoms with Gasteiger partial charge in [-0.2, -0.15) is 0 Å². The summed E-state index contributed by atoms with van der Waals surface area (Å²) in [7, 11) is 1.21. The summed E-state index contributed by atoms with van der Waals surface area (Å²) in [6, 6.07) is 9.02. The van der Waals surface area contributed by atoms with E-state index >= 15 is 0 Å². The Labute approximate surface area is 234 Å². The van der Waals surface area contributed by atoms with Crippen LogP contribution < -0.4 is 5.32 Å². The summed E-state index contributed by atoms with van der Waals surface area (Å²) in [6.45, 7) is 1.77. The summed E-state index contributed by atoms with van der Waals surface area (Å²) < 4.78 is 2.71. The van der Waals surface area contributed by atoms with Crippen LogP contribution in [0.1, 0.15) is 15.2 Å². The predicted molar refractivity (Wildman–Crippen MR) is 139 cm³/mol. The minimum absolute atomic E-state index is 0.0940. The highest BCUT2D eigenvalue weighted by atomic mass is 35.5. The summed E-state index contributed by atoms with van der Waals surface area (Å²) >= 11 is 39.9. The third kappa shape index (κ3) is 3.46. The molecule has 0 aliphatic heterocycles. The van der Waals surface area contributed by atoms with Crippen LogP contribution in [0.3, 0.4) is 0 Å². The summed E-state index contributed by atoms with van der Waals surface area (Å²) in [5, 5.41) is 12.1. The van der Waals surface area contributed by atoms with Crippen molar-refractivity contribution in [2.45, 2.75) is 21.0 Å². The number of methoxy groups -OCH3 is 1. The standard InChI is InChI=1S/C22H15Cl6NO5S/c1-8-10(9-6-4-3-5-7-9)11(19(33)34-2)17(35-8)29-16(30)12-13(18(31)32)21(26)15(24)14(23)20(12,25)22(21,27)28/h3-7,12-13H,1-2H3,(H,29,30)(H,31,32)/t12-,13+,20-,21-/m1/s1. The van der Waals surface area contributed by atoms with Crippen molar-refractivity contribution in [3.63, 3.8) is 0 Å². The van der Waals surface area contributed by atoms with Gasteiger partial charge >= 0.3 is 11.9 Å². The van der Waals surface area contributed by atoms with Crippen molar-refractivity contribution in [1.82, 2.24) is 0 Å². The fraction of sp³-hybridized carbons (Fsp3) is 0.318. The number of aliphatic carboxylic acids is 1. The van der Waals surface area contributed by atoms with E-state index in [9.17, 15) is 19.5 Å².